The summed E-state index contributed by atoms with van der Waals surface area (Å²) in [4.78, 5) is 15.8. The third-order valence-electron chi connectivity index (χ3n) is 2.52. The van der Waals surface area contributed by atoms with Crippen molar-refractivity contribution in [2.45, 2.75) is 19.9 Å². The van der Waals surface area contributed by atoms with E-state index in [-0.39, 0.29) is 11.9 Å². The first-order valence-electron chi connectivity index (χ1n) is 5.56. The number of rotatable bonds is 5. The van der Waals surface area contributed by atoms with Gasteiger partial charge in [0.15, 0.2) is 0 Å². The van der Waals surface area contributed by atoms with Gasteiger partial charge in [0.05, 0.1) is 18.2 Å². The van der Waals surface area contributed by atoms with Gasteiger partial charge >= 0.3 is 0 Å². The Labute approximate surface area is 101 Å². The molecule has 3 N–H and O–H groups in total. The number of carbonyl (C=O) groups is 1. The molecule has 1 amide bonds. The van der Waals surface area contributed by atoms with Crippen LogP contribution in [0, 0.1) is 5.92 Å². The highest BCUT2D eigenvalue weighted by molar-refractivity contribution is 5.94. The summed E-state index contributed by atoms with van der Waals surface area (Å²) in [5, 5.41) is 2.91. The molecule has 0 saturated heterocycles. The van der Waals surface area contributed by atoms with E-state index in [0.717, 1.165) is 0 Å². The van der Waals surface area contributed by atoms with Gasteiger partial charge in [0.2, 0.25) is 0 Å². The monoisotopic (exact) mass is 237 g/mol. The van der Waals surface area contributed by atoms with Crippen molar-refractivity contribution in [3.8, 4) is 0 Å². The van der Waals surface area contributed by atoms with Crippen LogP contribution in [-0.2, 0) is 4.74 Å². The number of hydrogen-bond donors (Lipinski definition) is 2. The summed E-state index contributed by atoms with van der Waals surface area (Å²) in [6, 6.07) is 3.25. The van der Waals surface area contributed by atoms with E-state index in [2.05, 4.69) is 10.3 Å². The summed E-state index contributed by atoms with van der Waals surface area (Å²) in [6.45, 7) is 4.56. The first-order chi connectivity index (χ1) is 8.04. The Bertz CT molecular complexity index is 363. The fourth-order valence-corrected chi connectivity index (χ4v) is 1.37. The van der Waals surface area contributed by atoms with Gasteiger partial charge in [-0.3, -0.25) is 4.79 Å². The number of hydrogen-bond acceptors (Lipinski definition) is 4. The molecule has 1 heterocycles. The fourth-order valence-electron chi connectivity index (χ4n) is 1.37. The third-order valence-corrected chi connectivity index (χ3v) is 2.52. The summed E-state index contributed by atoms with van der Waals surface area (Å²) >= 11 is 0. The summed E-state index contributed by atoms with van der Waals surface area (Å²) in [5.41, 5.74) is 5.96. The van der Waals surface area contributed by atoms with Crippen molar-refractivity contribution in [1.82, 2.24) is 10.3 Å². The van der Waals surface area contributed by atoms with Gasteiger partial charge in [-0.15, -0.1) is 0 Å². The van der Waals surface area contributed by atoms with Crippen molar-refractivity contribution in [3.63, 3.8) is 0 Å². The molecule has 1 unspecified atom stereocenters. The maximum Gasteiger partial charge on any atom is 0.253 e. The summed E-state index contributed by atoms with van der Waals surface area (Å²) in [6.07, 6.45) is 1.47. The van der Waals surface area contributed by atoms with Gasteiger partial charge in [0.1, 0.15) is 5.82 Å². The third kappa shape index (κ3) is 4.03. The number of nitrogens with two attached hydrogens (primary N) is 1. The molecular formula is C12H19N3O2. The highest BCUT2D eigenvalue weighted by atomic mass is 16.5. The van der Waals surface area contributed by atoms with Crippen LogP contribution in [-0.4, -0.2) is 30.6 Å². The predicted molar refractivity (Wildman–Crippen MR) is 66.6 cm³/mol. The lowest BCUT2D eigenvalue weighted by Crippen LogP contribution is -2.41. The number of aromatic nitrogens is 1. The van der Waals surface area contributed by atoms with Crippen molar-refractivity contribution in [3.05, 3.63) is 23.9 Å². The molecule has 0 aliphatic rings. The maximum absolute atomic E-state index is 11.9. The molecule has 5 nitrogen and oxygen atoms in total. The van der Waals surface area contributed by atoms with E-state index in [4.69, 9.17) is 10.5 Å². The molecule has 17 heavy (non-hydrogen) atoms. The van der Waals surface area contributed by atoms with E-state index in [0.29, 0.717) is 23.9 Å². The summed E-state index contributed by atoms with van der Waals surface area (Å²) < 4.78 is 5.07. The molecule has 94 valence electrons. The van der Waals surface area contributed by atoms with Gasteiger partial charge in [-0.1, -0.05) is 13.8 Å². The van der Waals surface area contributed by atoms with Crippen LogP contribution in [0.25, 0.3) is 0 Å². The minimum absolute atomic E-state index is 0.00921. The van der Waals surface area contributed by atoms with Gasteiger partial charge in [-0.2, -0.15) is 0 Å². The Kier molecular flexibility index (Phi) is 4.90. The Morgan fingerprint density at radius 3 is 2.71 bits per heavy atom. The lowest BCUT2D eigenvalue weighted by atomic mass is 10.0. The zero-order valence-corrected chi connectivity index (χ0v) is 10.4. The van der Waals surface area contributed by atoms with Crippen LogP contribution < -0.4 is 11.1 Å². The second-order valence-electron chi connectivity index (χ2n) is 4.25. The van der Waals surface area contributed by atoms with Crippen LogP contribution in [0.1, 0.15) is 24.2 Å². The van der Waals surface area contributed by atoms with E-state index >= 15 is 0 Å². The highest BCUT2D eigenvalue weighted by Crippen LogP contribution is 2.05. The average molecular weight is 237 g/mol. The number of nitrogens with one attached hydrogen (secondary N) is 1. The normalized spacial score (nSPS) is 12.5. The SMILES string of the molecule is COCC(NC(=O)c1ccc(N)nc1)C(C)C. The number of pyridine rings is 1. The summed E-state index contributed by atoms with van der Waals surface area (Å²) in [5.74, 6) is 0.549. The van der Waals surface area contributed by atoms with E-state index in [9.17, 15) is 4.79 Å². The highest BCUT2D eigenvalue weighted by Gasteiger charge is 2.16. The molecule has 1 atom stereocenters. The van der Waals surface area contributed by atoms with E-state index in [1.165, 1.54) is 6.20 Å². The first kappa shape index (κ1) is 13.4. The van der Waals surface area contributed by atoms with Crippen molar-refractivity contribution >= 4 is 11.7 Å². The van der Waals surface area contributed by atoms with Gasteiger partial charge in [-0.25, -0.2) is 4.98 Å². The number of carbonyl (C=O) groups excluding carboxylic acids is 1. The zero-order valence-electron chi connectivity index (χ0n) is 10.4. The Balaban J connectivity index is 2.66. The summed E-state index contributed by atoms with van der Waals surface area (Å²) in [7, 11) is 1.62. The maximum atomic E-state index is 11.9. The molecule has 5 heteroatoms. The zero-order chi connectivity index (χ0) is 12.8. The average Bonchev–Trinajstić information content (AvgIpc) is 2.29. The molecule has 1 rings (SSSR count). The molecule has 0 fully saturated rings. The van der Waals surface area contributed by atoms with Crippen LogP contribution in [0.15, 0.2) is 18.3 Å². The quantitative estimate of drug-likeness (QED) is 0.803. The largest absolute Gasteiger partial charge is 0.384 e. The van der Waals surface area contributed by atoms with Crippen molar-refractivity contribution in [2.75, 3.05) is 19.5 Å². The number of ether oxygens (including phenoxy) is 1. The molecule has 0 aromatic carbocycles. The van der Waals surface area contributed by atoms with Gasteiger partial charge in [0, 0.05) is 13.3 Å². The van der Waals surface area contributed by atoms with Crippen molar-refractivity contribution in [2.24, 2.45) is 5.92 Å². The number of methoxy groups -OCH3 is 1. The lowest BCUT2D eigenvalue weighted by molar-refractivity contribution is 0.0866. The van der Waals surface area contributed by atoms with Gasteiger partial charge in [-0.05, 0) is 18.1 Å². The molecule has 0 bridgehead atoms. The number of amides is 1. The number of anilines is 1. The predicted octanol–water partition coefficient (Wildman–Crippen LogP) is 1.06. The number of nitrogen functional groups attached to an aromatic ring is 1. The van der Waals surface area contributed by atoms with Gasteiger partial charge < -0.3 is 15.8 Å². The first-order valence-corrected chi connectivity index (χ1v) is 5.56. The molecule has 0 saturated carbocycles. The lowest BCUT2D eigenvalue weighted by Gasteiger charge is -2.21. The number of nitrogens with zero attached hydrogens (tertiary/aromatic N) is 1. The molecule has 0 spiro atoms. The van der Waals surface area contributed by atoms with Crippen LogP contribution in [0.5, 0.6) is 0 Å². The van der Waals surface area contributed by atoms with Crippen LogP contribution >= 0.6 is 0 Å². The minimum Gasteiger partial charge on any atom is -0.384 e. The second-order valence-corrected chi connectivity index (χ2v) is 4.25. The molecule has 0 radical (unpaired) electrons. The van der Waals surface area contributed by atoms with E-state index in [1.807, 2.05) is 13.8 Å². The molecule has 1 aromatic rings. The molecular weight excluding hydrogens is 218 g/mol. The van der Waals surface area contributed by atoms with Crippen molar-refractivity contribution in [1.29, 1.82) is 0 Å². The van der Waals surface area contributed by atoms with Crippen LogP contribution in [0.2, 0.25) is 0 Å². The standard InChI is InChI=1S/C12H19N3O2/c1-8(2)10(7-17-3)15-12(16)9-4-5-11(13)14-6-9/h4-6,8,10H,7H2,1-3H3,(H2,13,14)(H,15,16). The van der Waals surface area contributed by atoms with Crippen LogP contribution in [0.3, 0.4) is 0 Å². The fraction of sp³-hybridized carbons (Fsp3) is 0.500. The van der Waals surface area contributed by atoms with Gasteiger partial charge in [0.25, 0.3) is 5.91 Å². The Morgan fingerprint density at radius 2 is 2.24 bits per heavy atom. The molecule has 0 aliphatic carbocycles. The van der Waals surface area contributed by atoms with Crippen molar-refractivity contribution < 1.29 is 9.53 Å². The molecule has 0 aliphatic heterocycles. The topological polar surface area (TPSA) is 77.2 Å². The Morgan fingerprint density at radius 1 is 1.53 bits per heavy atom. The van der Waals surface area contributed by atoms with E-state index < -0.39 is 0 Å². The Hall–Kier alpha value is -1.62. The smallest absolute Gasteiger partial charge is 0.253 e. The second kappa shape index (κ2) is 6.20. The minimum atomic E-state index is -0.159. The van der Waals surface area contributed by atoms with Crippen LogP contribution in [0.4, 0.5) is 5.82 Å². The van der Waals surface area contributed by atoms with E-state index in [1.54, 1.807) is 19.2 Å². The molecule has 1 aromatic heterocycles.